The van der Waals surface area contributed by atoms with Gasteiger partial charge in [-0.25, -0.2) is 4.98 Å². The van der Waals surface area contributed by atoms with Gasteiger partial charge < -0.3 is 10.4 Å². The normalized spacial score (nSPS) is 9.89. The Bertz CT molecular complexity index is 630. The monoisotopic (exact) mass is 260 g/mol. The van der Waals surface area contributed by atoms with E-state index < -0.39 is 22.3 Å². The highest BCUT2D eigenvalue weighted by Gasteiger charge is 2.20. The molecule has 0 radical (unpaired) electrons. The molecule has 0 unspecified atom stereocenters. The zero-order chi connectivity index (χ0) is 13.8. The van der Waals surface area contributed by atoms with E-state index >= 15 is 0 Å². The number of nitro benzene ring substituents is 1. The SMILES string of the molecule is O=C(Nc1c(O)cccc1[N+](=O)[O-])c1cnccn1. The molecular weight excluding hydrogens is 252 g/mol. The summed E-state index contributed by atoms with van der Waals surface area (Å²) in [7, 11) is 0. The molecule has 0 atom stereocenters. The van der Waals surface area contributed by atoms with E-state index in [2.05, 4.69) is 15.3 Å². The lowest BCUT2D eigenvalue weighted by atomic mass is 10.2. The molecular formula is C11H8N4O4. The number of hydrogen-bond acceptors (Lipinski definition) is 6. The molecule has 19 heavy (non-hydrogen) atoms. The maximum Gasteiger partial charge on any atom is 0.296 e. The largest absolute Gasteiger partial charge is 0.505 e. The predicted octanol–water partition coefficient (Wildman–Crippen LogP) is 1.34. The van der Waals surface area contributed by atoms with Gasteiger partial charge in [-0.15, -0.1) is 0 Å². The fraction of sp³-hybridized carbons (Fsp3) is 0. The van der Waals surface area contributed by atoms with Gasteiger partial charge in [0.05, 0.1) is 11.1 Å². The number of amides is 1. The second-order valence-electron chi connectivity index (χ2n) is 3.47. The number of aromatic nitrogens is 2. The number of anilines is 1. The van der Waals surface area contributed by atoms with E-state index in [1.807, 2.05) is 0 Å². The molecule has 0 fully saturated rings. The molecule has 0 aliphatic carbocycles. The van der Waals surface area contributed by atoms with Crippen LogP contribution in [0.1, 0.15) is 10.5 Å². The molecule has 96 valence electrons. The first-order valence-electron chi connectivity index (χ1n) is 5.13. The van der Waals surface area contributed by atoms with Crippen LogP contribution in [0, 0.1) is 10.1 Å². The van der Waals surface area contributed by atoms with E-state index in [-0.39, 0.29) is 11.4 Å². The Balaban J connectivity index is 2.34. The molecule has 0 spiro atoms. The molecule has 0 bridgehead atoms. The van der Waals surface area contributed by atoms with Gasteiger partial charge in [-0.1, -0.05) is 6.07 Å². The average molecular weight is 260 g/mol. The van der Waals surface area contributed by atoms with E-state index in [4.69, 9.17) is 0 Å². The Morgan fingerprint density at radius 1 is 1.37 bits per heavy atom. The number of benzene rings is 1. The molecule has 2 rings (SSSR count). The Labute approximate surface area is 106 Å². The fourth-order valence-electron chi connectivity index (χ4n) is 1.40. The summed E-state index contributed by atoms with van der Waals surface area (Å²) in [5.41, 5.74) is -0.694. The summed E-state index contributed by atoms with van der Waals surface area (Å²) in [6.07, 6.45) is 3.91. The van der Waals surface area contributed by atoms with Crippen molar-refractivity contribution in [1.82, 2.24) is 9.97 Å². The number of rotatable bonds is 3. The Morgan fingerprint density at radius 2 is 2.16 bits per heavy atom. The third-order valence-electron chi connectivity index (χ3n) is 2.25. The number of hydrogen-bond donors (Lipinski definition) is 2. The fourth-order valence-corrected chi connectivity index (χ4v) is 1.40. The smallest absolute Gasteiger partial charge is 0.296 e. The Morgan fingerprint density at radius 3 is 2.79 bits per heavy atom. The molecule has 1 aromatic heterocycles. The summed E-state index contributed by atoms with van der Waals surface area (Å²) in [5.74, 6) is -1.09. The van der Waals surface area contributed by atoms with Gasteiger partial charge in [0, 0.05) is 18.5 Å². The van der Waals surface area contributed by atoms with Crippen molar-refractivity contribution < 1.29 is 14.8 Å². The molecule has 0 aliphatic rings. The molecule has 8 heteroatoms. The lowest BCUT2D eigenvalue weighted by Crippen LogP contribution is -2.15. The maximum absolute atomic E-state index is 11.8. The van der Waals surface area contributed by atoms with Crippen molar-refractivity contribution >= 4 is 17.3 Å². The van der Waals surface area contributed by atoms with E-state index in [1.54, 1.807) is 0 Å². The lowest BCUT2D eigenvalue weighted by Gasteiger charge is -2.06. The molecule has 0 saturated heterocycles. The summed E-state index contributed by atoms with van der Waals surface area (Å²) in [5, 5.41) is 22.6. The van der Waals surface area contributed by atoms with Gasteiger partial charge in [0.25, 0.3) is 11.6 Å². The van der Waals surface area contributed by atoms with E-state index in [0.29, 0.717) is 0 Å². The number of nitrogens with one attached hydrogen (secondary N) is 1. The van der Waals surface area contributed by atoms with Gasteiger partial charge >= 0.3 is 0 Å². The van der Waals surface area contributed by atoms with Crippen LogP contribution in [0.5, 0.6) is 5.75 Å². The molecule has 1 aromatic carbocycles. The summed E-state index contributed by atoms with van der Waals surface area (Å²) in [6, 6.07) is 3.72. The van der Waals surface area contributed by atoms with Gasteiger partial charge in [0.2, 0.25) is 0 Å². The van der Waals surface area contributed by atoms with Crippen molar-refractivity contribution in [3.63, 3.8) is 0 Å². The zero-order valence-corrected chi connectivity index (χ0v) is 9.48. The number of aromatic hydroxyl groups is 1. The van der Waals surface area contributed by atoms with E-state index in [9.17, 15) is 20.0 Å². The van der Waals surface area contributed by atoms with Crippen LogP contribution < -0.4 is 5.32 Å². The van der Waals surface area contributed by atoms with Gasteiger partial charge in [0.1, 0.15) is 11.4 Å². The number of nitrogens with zero attached hydrogens (tertiary/aromatic N) is 3. The van der Waals surface area contributed by atoms with Crippen molar-refractivity contribution in [2.75, 3.05) is 5.32 Å². The van der Waals surface area contributed by atoms with Crippen LogP contribution >= 0.6 is 0 Å². The third kappa shape index (κ3) is 2.63. The molecule has 8 nitrogen and oxygen atoms in total. The van der Waals surface area contributed by atoms with E-state index in [1.165, 1.54) is 36.8 Å². The van der Waals surface area contributed by atoms with Gasteiger partial charge in [-0.05, 0) is 6.07 Å². The van der Waals surface area contributed by atoms with Gasteiger partial charge in [0.15, 0.2) is 5.69 Å². The van der Waals surface area contributed by atoms with Gasteiger partial charge in [-0.3, -0.25) is 19.9 Å². The maximum atomic E-state index is 11.8. The summed E-state index contributed by atoms with van der Waals surface area (Å²) in [4.78, 5) is 29.4. The predicted molar refractivity (Wildman–Crippen MR) is 64.7 cm³/mol. The molecule has 1 amide bonds. The number of phenolic OH excluding ortho intramolecular Hbond substituents is 1. The first kappa shape index (κ1) is 12.4. The highest BCUT2D eigenvalue weighted by molar-refractivity contribution is 6.04. The first-order valence-corrected chi connectivity index (χ1v) is 5.13. The second kappa shape index (κ2) is 5.08. The topological polar surface area (TPSA) is 118 Å². The van der Waals surface area contributed by atoms with E-state index in [0.717, 1.165) is 0 Å². The third-order valence-corrected chi connectivity index (χ3v) is 2.25. The summed E-state index contributed by atoms with van der Waals surface area (Å²) >= 11 is 0. The zero-order valence-electron chi connectivity index (χ0n) is 9.48. The van der Waals surface area contributed by atoms with Crippen LogP contribution in [-0.4, -0.2) is 25.9 Å². The van der Waals surface area contributed by atoms with Crippen LogP contribution in [0.4, 0.5) is 11.4 Å². The van der Waals surface area contributed by atoms with Crippen LogP contribution in [0.3, 0.4) is 0 Å². The number of carbonyl (C=O) groups excluding carboxylic acids is 1. The minimum atomic E-state index is -0.702. The minimum Gasteiger partial charge on any atom is -0.505 e. The van der Waals surface area contributed by atoms with Crippen LogP contribution in [0.2, 0.25) is 0 Å². The highest BCUT2D eigenvalue weighted by Crippen LogP contribution is 2.33. The lowest BCUT2D eigenvalue weighted by molar-refractivity contribution is -0.384. The van der Waals surface area contributed by atoms with Crippen molar-refractivity contribution in [3.05, 3.63) is 52.6 Å². The van der Waals surface area contributed by atoms with Gasteiger partial charge in [-0.2, -0.15) is 0 Å². The van der Waals surface area contributed by atoms with Crippen molar-refractivity contribution in [1.29, 1.82) is 0 Å². The first-order chi connectivity index (χ1) is 9.09. The molecule has 2 aromatic rings. The highest BCUT2D eigenvalue weighted by atomic mass is 16.6. The second-order valence-corrected chi connectivity index (χ2v) is 3.47. The minimum absolute atomic E-state index is 0.0138. The van der Waals surface area contributed by atoms with Crippen LogP contribution in [-0.2, 0) is 0 Å². The summed E-state index contributed by atoms with van der Waals surface area (Å²) in [6.45, 7) is 0. The Kier molecular flexibility index (Phi) is 3.33. The quantitative estimate of drug-likeness (QED) is 0.488. The van der Waals surface area contributed by atoms with Crippen molar-refractivity contribution in [2.24, 2.45) is 0 Å². The van der Waals surface area contributed by atoms with Crippen molar-refractivity contribution in [2.45, 2.75) is 0 Å². The standard InChI is InChI=1S/C11H8N4O4/c16-9-3-1-2-8(15(18)19)10(9)14-11(17)7-6-12-4-5-13-7/h1-6,16H,(H,14,17). The average Bonchev–Trinajstić information content (AvgIpc) is 2.41. The number of para-hydroxylation sites is 1. The number of carbonyl (C=O) groups is 1. The molecule has 1 heterocycles. The number of nitro groups is 1. The molecule has 0 aliphatic heterocycles. The Hall–Kier alpha value is -3.03. The summed E-state index contributed by atoms with van der Waals surface area (Å²) < 4.78 is 0. The molecule has 2 N–H and O–H groups in total. The van der Waals surface area contributed by atoms with Crippen LogP contribution in [0.15, 0.2) is 36.8 Å². The number of phenols is 1. The van der Waals surface area contributed by atoms with Crippen molar-refractivity contribution in [3.8, 4) is 5.75 Å². The van der Waals surface area contributed by atoms with Crippen LogP contribution in [0.25, 0.3) is 0 Å². The molecule has 0 saturated carbocycles.